The van der Waals surface area contributed by atoms with E-state index in [9.17, 15) is 9.59 Å². The smallest absolute Gasteiger partial charge is 0.321 e. The molecule has 0 spiro atoms. The number of nitrogens with one attached hydrogen (secondary N) is 1. The van der Waals surface area contributed by atoms with Crippen LogP contribution >= 0.6 is 12.4 Å². The number of carbonyl (C=O) groups is 2. The molecule has 3 N–H and O–H groups in total. The number of rotatable bonds is 15. The van der Waals surface area contributed by atoms with Crippen LogP contribution in [0.15, 0.2) is 0 Å². The molecular formula is C16H32ClNO4. The van der Waals surface area contributed by atoms with Crippen LogP contribution in [0.25, 0.3) is 0 Å². The highest BCUT2D eigenvalue weighted by molar-refractivity contribution is 5.85. The Kier molecular flexibility index (Phi) is 17.7. The Morgan fingerprint density at radius 2 is 1.32 bits per heavy atom. The molecule has 0 amide bonds. The van der Waals surface area contributed by atoms with Crippen molar-refractivity contribution in [1.29, 1.82) is 0 Å². The molecule has 1 atom stereocenters. The fraction of sp³-hybridized carbons (Fsp3) is 0.875. The highest BCUT2D eigenvalue weighted by Gasteiger charge is 2.19. The maximum Gasteiger partial charge on any atom is 0.321 e. The van der Waals surface area contributed by atoms with Crippen molar-refractivity contribution in [3.8, 4) is 0 Å². The number of carboxylic acids is 2. The van der Waals surface area contributed by atoms with E-state index in [0.29, 0.717) is 6.54 Å². The second kappa shape index (κ2) is 16.6. The molecule has 0 saturated carbocycles. The Morgan fingerprint density at radius 3 is 1.73 bits per heavy atom. The monoisotopic (exact) mass is 337 g/mol. The molecule has 0 unspecified atom stereocenters. The van der Waals surface area contributed by atoms with E-state index < -0.39 is 18.0 Å². The number of carboxylic acid groups (broad SMARTS) is 2. The number of hydrogen-bond acceptors (Lipinski definition) is 3. The van der Waals surface area contributed by atoms with Crippen molar-refractivity contribution < 1.29 is 19.8 Å². The fourth-order valence-electron chi connectivity index (χ4n) is 2.31. The lowest BCUT2D eigenvalue weighted by molar-refractivity contribution is -0.145. The molecule has 0 aromatic heterocycles. The van der Waals surface area contributed by atoms with Gasteiger partial charge in [0, 0.05) is 0 Å². The number of halogens is 1. The van der Waals surface area contributed by atoms with Gasteiger partial charge in [-0.15, -0.1) is 12.4 Å². The Balaban J connectivity index is 0. The van der Waals surface area contributed by atoms with Crippen LogP contribution in [0.3, 0.4) is 0 Å². The summed E-state index contributed by atoms with van der Waals surface area (Å²) in [5, 5.41) is 20.3. The van der Waals surface area contributed by atoms with E-state index in [1.807, 2.05) is 0 Å². The Bertz CT molecular complexity index is 287. The number of unbranched alkanes of at least 4 members (excludes halogenated alkanes) is 9. The maximum absolute atomic E-state index is 10.8. The Labute approximate surface area is 140 Å². The predicted octanol–water partition coefficient (Wildman–Crippen LogP) is 3.85. The first-order valence-corrected chi connectivity index (χ1v) is 8.26. The lowest BCUT2D eigenvalue weighted by Gasteiger charge is -2.11. The average molecular weight is 338 g/mol. The fourth-order valence-corrected chi connectivity index (χ4v) is 2.31. The molecule has 0 radical (unpaired) electrons. The molecule has 6 heteroatoms. The summed E-state index contributed by atoms with van der Waals surface area (Å²) in [4.78, 5) is 21.3. The second-order valence-corrected chi connectivity index (χ2v) is 5.62. The van der Waals surface area contributed by atoms with Gasteiger partial charge < -0.3 is 15.5 Å². The van der Waals surface area contributed by atoms with E-state index in [1.165, 1.54) is 51.4 Å². The van der Waals surface area contributed by atoms with Gasteiger partial charge in [-0.2, -0.15) is 0 Å². The summed E-state index contributed by atoms with van der Waals surface area (Å²) in [6, 6.07) is -0.971. The summed E-state index contributed by atoms with van der Waals surface area (Å²) >= 11 is 0. The SMILES string of the molecule is CCCCCCCCCCCCN[C@@H](CC(=O)O)C(=O)O.Cl. The van der Waals surface area contributed by atoms with Gasteiger partial charge in [-0.3, -0.25) is 9.59 Å². The van der Waals surface area contributed by atoms with Crippen molar-refractivity contribution in [2.45, 2.75) is 83.6 Å². The minimum atomic E-state index is -1.09. The largest absolute Gasteiger partial charge is 0.481 e. The predicted molar refractivity (Wildman–Crippen MR) is 90.8 cm³/mol. The highest BCUT2D eigenvalue weighted by Crippen LogP contribution is 2.10. The highest BCUT2D eigenvalue weighted by atomic mass is 35.5. The van der Waals surface area contributed by atoms with E-state index in [-0.39, 0.29) is 18.8 Å². The lowest BCUT2D eigenvalue weighted by Crippen LogP contribution is -2.39. The van der Waals surface area contributed by atoms with E-state index in [2.05, 4.69) is 12.2 Å². The van der Waals surface area contributed by atoms with Crippen molar-refractivity contribution in [3.05, 3.63) is 0 Å². The molecule has 0 bridgehead atoms. The van der Waals surface area contributed by atoms with Crippen LogP contribution in [0, 0.1) is 0 Å². The molecule has 0 heterocycles. The lowest BCUT2D eigenvalue weighted by atomic mass is 10.1. The Morgan fingerprint density at radius 1 is 0.864 bits per heavy atom. The van der Waals surface area contributed by atoms with Gasteiger partial charge in [0.25, 0.3) is 0 Å². The van der Waals surface area contributed by atoms with Crippen LogP contribution in [0.1, 0.15) is 77.6 Å². The van der Waals surface area contributed by atoms with E-state index in [4.69, 9.17) is 10.2 Å². The van der Waals surface area contributed by atoms with Crippen LogP contribution in [0.5, 0.6) is 0 Å². The third-order valence-electron chi connectivity index (χ3n) is 3.60. The number of hydrogen-bond donors (Lipinski definition) is 3. The van der Waals surface area contributed by atoms with Gasteiger partial charge >= 0.3 is 11.9 Å². The number of aliphatic carboxylic acids is 2. The third kappa shape index (κ3) is 15.6. The van der Waals surface area contributed by atoms with E-state index in [0.717, 1.165) is 12.8 Å². The molecule has 5 nitrogen and oxygen atoms in total. The van der Waals surface area contributed by atoms with Crippen molar-refractivity contribution in [2.75, 3.05) is 6.54 Å². The third-order valence-corrected chi connectivity index (χ3v) is 3.60. The summed E-state index contributed by atoms with van der Waals surface area (Å²) in [7, 11) is 0. The Hall–Kier alpha value is -0.810. The van der Waals surface area contributed by atoms with Crippen molar-refractivity contribution >= 4 is 24.3 Å². The van der Waals surface area contributed by atoms with Crippen molar-refractivity contribution in [2.24, 2.45) is 0 Å². The summed E-state index contributed by atoms with van der Waals surface area (Å²) < 4.78 is 0. The minimum absolute atomic E-state index is 0. The van der Waals surface area contributed by atoms with Gasteiger partial charge in [0.05, 0.1) is 6.42 Å². The van der Waals surface area contributed by atoms with Crippen LogP contribution < -0.4 is 5.32 Å². The van der Waals surface area contributed by atoms with E-state index in [1.54, 1.807) is 0 Å². The second-order valence-electron chi connectivity index (χ2n) is 5.62. The molecule has 0 rings (SSSR count). The van der Waals surface area contributed by atoms with Gasteiger partial charge in [-0.1, -0.05) is 64.7 Å². The molecule has 22 heavy (non-hydrogen) atoms. The van der Waals surface area contributed by atoms with Crippen LogP contribution in [0.4, 0.5) is 0 Å². The first kappa shape index (κ1) is 23.5. The summed E-state index contributed by atoms with van der Waals surface area (Å²) in [5.41, 5.74) is 0. The molecule has 132 valence electrons. The zero-order chi connectivity index (χ0) is 15.9. The summed E-state index contributed by atoms with van der Waals surface area (Å²) in [6.45, 7) is 2.79. The minimum Gasteiger partial charge on any atom is -0.481 e. The van der Waals surface area contributed by atoms with Crippen LogP contribution in [-0.4, -0.2) is 34.7 Å². The molecule has 0 fully saturated rings. The summed E-state index contributed by atoms with van der Waals surface area (Å²) in [5.74, 6) is -2.18. The topological polar surface area (TPSA) is 86.6 Å². The molecule has 0 aliphatic rings. The summed E-state index contributed by atoms with van der Waals surface area (Å²) in [6.07, 6.45) is 11.9. The molecule has 0 aliphatic carbocycles. The van der Waals surface area contributed by atoms with Gasteiger partial charge in [0.15, 0.2) is 0 Å². The zero-order valence-electron chi connectivity index (χ0n) is 13.7. The molecule has 0 aromatic carbocycles. The molecular weight excluding hydrogens is 306 g/mol. The first-order chi connectivity index (χ1) is 10.1. The maximum atomic E-state index is 10.8. The molecule has 0 aromatic rings. The van der Waals surface area contributed by atoms with Gasteiger partial charge in [-0.25, -0.2) is 0 Å². The normalized spacial score (nSPS) is 11.7. The quantitative estimate of drug-likeness (QED) is 0.395. The standard InChI is InChI=1S/C16H31NO4.ClH/c1-2-3-4-5-6-7-8-9-10-11-12-17-14(16(20)21)13-15(18)19;/h14,17H,2-13H2,1H3,(H,18,19)(H,20,21);1H/t14-;/m0./s1. The van der Waals surface area contributed by atoms with Gasteiger partial charge in [0.1, 0.15) is 6.04 Å². The molecule has 0 aliphatic heterocycles. The molecule has 0 saturated heterocycles. The van der Waals surface area contributed by atoms with Crippen LogP contribution in [0.2, 0.25) is 0 Å². The average Bonchev–Trinajstić information content (AvgIpc) is 2.42. The van der Waals surface area contributed by atoms with Gasteiger partial charge in [-0.05, 0) is 13.0 Å². The first-order valence-electron chi connectivity index (χ1n) is 8.26. The van der Waals surface area contributed by atoms with Crippen LogP contribution in [-0.2, 0) is 9.59 Å². The zero-order valence-corrected chi connectivity index (χ0v) is 14.5. The van der Waals surface area contributed by atoms with Crippen molar-refractivity contribution in [1.82, 2.24) is 5.32 Å². The van der Waals surface area contributed by atoms with Gasteiger partial charge in [0.2, 0.25) is 0 Å². The van der Waals surface area contributed by atoms with E-state index >= 15 is 0 Å². The van der Waals surface area contributed by atoms with Crippen molar-refractivity contribution in [3.63, 3.8) is 0 Å².